The van der Waals surface area contributed by atoms with Crippen LogP contribution in [-0.4, -0.2) is 28.1 Å². The van der Waals surface area contributed by atoms with Gasteiger partial charge in [-0.15, -0.1) is 12.4 Å². The van der Waals surface area contributed by atoms with Crippen molar-refractivity contribution in [2.45, 2.75) is 24.7 Å². The molecule has 1 aliphatic heterocycles. The van der Waals surface area contributed by atoms with E-state index in [4.69, 9.17) is 11.6 Å². The molecule has 0 saturated carbocycles. The summed E-state index contributed by atoms with van der Waals surface area (Å²) in [6, 6.07) is 3.96. The standard InChI is InChI=1S/C13H18ClFN2O2S.ClH/c1-13(6-3-7-16-8-13)9-17-20(18,19)11-5-2-4-10(14)12(11)15;/h2,4-5,16-17H,3,6-9H2,1H3;1H. The highest BCUT2D eigenvalue weighted by atomic mass is 35.5. The molecule has 1 atom stereocenters. The van der Waals surface area contributed by atoms with Crippen molar-refractivity contribution in [1.29, 1.82) is 0 Å². The normalized spacial score (nSPS) is 22.6. The number of benzene rings is 1. The Hall–Kier alpha value is -0.400. The molecule has 0 radical (unpaired) electrons. The van der Waals surface area contributed by atoms with Gasteiger partial charge in [0.1, 0.15) is 4.90 Å². The Balaban J connectivity index is 0.00000220. The minimum Gasteiger partial charge on any atom is -0.316 e. The molecule has 1 aliphatic rings. The minimum absolute atomic E-state index is 0. The molecule has 1 fully saturated rings. The van der Waals surface area contributed by atoms with Crippen molar-refractivity contribution < 1.29 is 12.8 Å². The molecular weight excluding hydrogens is 338 g/mol. The number of hydrogen-bond acceptors (Lipinski definition) is 3. The molecule has 1 saturated heterocycles. The number of hydrogen-bond donors (Lipinski definition) is 2. The summed E-state index contributed by atoms with van der Waals surface area (Å²) in [4.78, 5) is -0.405. The summed E-state index contributed by atoms with van der Waals surface area (Å²) < 4.78 is 40.6. The molecule has 21 heavy (non-hydrogen) atoms. The summed E-state index contributed by atoms with van der Waals surface area (Å²) in [6.07, 6.45) is 1.93. The van der Waals surface area contributed by atoms with E-state index in [0.717, 1.165) is 25.9 Å². The van der Waals surface area contributed by atoms with Crippen LogP contribution in [0.3, 0.4) is 0 Å². The summed E-state index contributed by atoms with van der Waals surface area (Å²) in [6.45, 7) is 3.98. The molecule has 120 valence electrons. The number of halogens is 3. The van der Waals surface area contributed by atoms with Gasteiger partial charge in [-0.3, -0.25) is 0 Å². The molecule has 2 N–H and O–H groups in total. The van der Waals surface area contributed by atoms with Gasteiger partial charge in [-0.2, -0.15) is 0 Å². The third-order valence-corrected chi connectivity index (χ3v) is 5.29. The molecule has 0 amide bonds. The first-order valence-corrected chi connectivity index (χ1v) is 8.35. The zero-order valence-electron chi connectivity index (χ0n) is 11.7. The average Bonchev–Trinajstić information content (AvgIpc) is 2.41. The van der Waals surface area contributed by atoms with Crippen molar-refractivity contribution in [3.63, 3.8) is 0 Å². The monoisotopic (exact) mass is 356 g/mol. The number of piperidine rings is 1. The van der Waals surface area contributed by atoms with Gasteiger partial charge in [-0.05, 0) is 36.9 Å². The Kier molecular flexibility index (Phi) is 6.43. The minimum atomic E-state index is -3.89. The quantitative estimate of drug-likeness (QED) is 0.871. The lowest BCUT2D eigenvalue weighted by molar-refractivity contribution is 0.238. The van der Waals surface area contributed by atoms with Gasteiger partial charge in [-0.25, -0.2) is 17.5 Å². The Morgan fingerprint density at radius 3 is 2.81 bits per heavy atom. The third kappa shape index (κ3) is 4.53. The molecule has 0 bridgehead atoms. The van der Waals surface area contributed by atoms with Crippen LogP contribution in [0, 0.1) is 11.2 Å². The van der Waals surface area contributed by atoms with Gasteiger partial charge >= 0.3 is 0 Å². The van der Waals surface area contributed by atoms with Gasteiger partial charge in [0, 0.05) is 13.1 Å². The van der Waals surface area contributed by atoms with Gasteiger partial charge < -0.3 is 5.32 Å². The summed E-state index contributed by atoms with van der Waals surface area (Å²) in [5, 5.41) is 3.05. The van der Waals surface area contributed by atoms with Crippen LogP contribution in [0.2, 0.25) is 5.02 Å². The van der Waals surface area contributed by atoms with Crippen molar-refractivity contribution in [1.82, 2.24) is 10.0 Å². The lowest BCUT2D eigenvalue weighted by atomic mass is 9.83. The van der Waals surface area contributed by atoms with E-state index in [9.17, 15) is 12.8 Å². The molecule has 1 aromatic rings. The summed E-state index contributed by atoms with van der Waals surface area (Å²) in [5.74, 6) is -0.909. The molecule has 8 heteroatoms. The first-order valence-electron chi connectivity index (χ1n) is 6.48. The molecule has 4 nitrogen and oxygen atoms in total. The predicted molar refractivity (Wildman–Crippen MR) is 84.1 cm³/mol. The number of nitrogens with one attached hydrogen (secondary N) is 2. The second kappa shape index (κ2) is 7.24. The van der Waals surface area contributed by atoms with Gasteiger partial charge in [-0.1, -0.05) is 24.6 Å². The van der Waals surface area contributed by atoms with Crippen LogP contribution in [0.1, 0.15) is 19.8 Å². The Labute approximate surface area is 135 Å². The molecular formula is C13H19Cl2FN2O2S. The van der Waals surface area contributed by atoms with Crippen LogP contribution in [0.4, 0.5) is 4.39 Å². The zero-order chi connectivity index (χ0) is 14.8. The van der Waals surface area contributed by atoms with E-state index >= 15 is 0 Å². The van der Waals surface area contributed by atoms with Crippen molar-refractivity contribution >= 4 is 34.0 Å². The van der Waals surface area contributed by atoms with Gasteiger partial charge in [0.05, 0.1) is 5.02 Å². The highest BCUT2D eigenvalue weighted by molar-refractivity contribution is 7.89. The number of sulfonamides is 1. The molecule has 2 rings (SSSR count). The first-order chi connectivity index (χ1) is 9.34. The van der Waals surface area contributed by atoms with E-state index in [1.807, 2.05) is 6.92 Å². The van der Waals surface area contributed by atoms with E-state index in [2.05, 4.69) is 10.0 Å². The maximum atomic E-state index is 13.8. The van der Waals surface area contributed by atoms with E-state index in [-0.39, 0.29) is 29.4 Å². The van der Waals surface area contributed by atoms with Crippen molar-refractivity contribution in [3.8, 4) is 0 Å². The number of rotatable bonds is 4. The van der Waals surface area contributed by atoms with Crippen LogP contribution >= 0.6 is 24.0 Å². The van der Waals surface area contributed by atoms with Gasteiger partial charge in [0.15, 0.2) is 5.82 Å². The molecule has 0 aromatic heterocycles. The largest absolute Gasteiger partial charge is 0.316 e. The Bertz CT molecular complexity index is 590. The highest BCUT2D eigenvalue weighted by Gasteiger charge is 2.29. The second-order valence-corrected chi connectivity index (χ2v) is 7.61. The molecule has 1 heterocycles. The van der Waals surface area contributed by atoms with Crippen LogP contribution in [-0.2, 0) is 10.0 Å². The topological polar surface area (TPSA) is 58.2 Å². The van der Waals surface area contributed by atoms with E-state index < -0.39 is 20.7 Å². The van der Waals surface area contributed by atoms with Crippen LogP contribution < -0.4 is 10.0 Å². The SMILES string of the molecule is CC1(CNS(=O)(=O)c2cccc(Cl)c2F)CCCNC1.Cl. The van der Waals surface area contributed by atoms with Crippen molar-refractivity contribution in [2.75, 3.05) is 19.6 Å². The summed E-state index contributed by atoms with van der Waals surface area (Å²) in [5.41, 5.74) is -0.152. The smallest absolute Gasteiger partial charge is 0.243 e. The summed E-state index contributed by atoms with van der Waals surface area (Å²) in [7, 11) is -3.89. The molecule has 0 spiro atoms. The molecule has 0 aliphatic carbocycles. The Morgan fingerprint density at radius 2 is 2.19 bits per heavy atom. The second-order valence-electron chi connectivity index (χ2n) is 5.47. The van der Waals surface area contributed by atoms with Crippen molar-refractivity contribution in [3.05, 3.63) is 29.0 Å². The van der Waals surface area contributed by atoms with Crippen LogP contribution in [0.15, 0.2) is 23.1 Å². The fourth-order valence-corrected chi connectivity index (χ4v) is 3.84. The van der Waals surface area contributed by atoms with E-state index in [1.165, 1.54) is 18.2 Å². The molecule has 1 unspecified atom stereocenters. The van der Waals surface area contributed by atoms with Gasteiger partial charge in [0.25, 0.3) is 0 Å². The lowest BCUT2D eigenvalue weighted by Crippen LogP contribution is -2.45. The maximum absolute atomic E-state index is 13.8. The average molecular weight is 357 g/mol. The fourth-order valence-electron chi connectivity index (χ4n) is 2.31. The highest BCUT2D eigenvalue weighted by Crippen LogP contribution is 2.26. The first kappa shape index (κ1) is 18.6. The summed E-state index contributed by atoms with van der Waals surface area (Å²) >= 11 is 5.62. The predicted octanol–water partition coefficient (Wildman–Crippen LogP) is 2.57. The van der Waals surface area contributed by atoms with Crippen LogP contribution in [0.25, 0.3) is 0 Å². The fraction of sp³-hybridized carbons (Fsp3) is 0.538. The van der Waals surface area contributed by atoms with Gasteiger partial charge in [0.2, 0.25) is 10.0 Å². The zero-order valence-corrected chi connectivity index (χ0v) is 14.0. The maximum Gasteiger partial charge on any atom is 0.243 e. The third-order valence-electron chi connectivity index (χ3n) is 3.58. The van der Waals surface area contributed by atoms with E-state index in [0.29, 0.717) is 0 Å². The van der Waals surface area contributed by atoms with E-state index in [1.54, 1.807) is 0 Å². The van der Waals surface area contributed by atoms with Crippen molar-refractivity contribution in [2.24, 2.45) is 5.41 Å². The Morgan fingerprint density at radius 1 is 1.48 bits per heavy atom. The van der Waals surface area contributed by atoms with Crippen LogP contribution in [0.5, 0.6) is 0 Å². The lowest BCUT2D eigenvalue weighted by Gasteiger charge is -2.34. The molecule has 1 aromatic carbocycles.